The number of hydrogen-bond donors (Lipinski definition) is 2. The van der Waals surface area contributed by atoms with Crippen molar-refractivity contribution in [2.75, 3.05) is 18.5 Å². The monoisotopic (exact) mass is 427 g/mol. The number of carbonyl (C=O) groups is 2. The molecule has 0 bridgehead atoms. The number of rotatable bonds is 4. The van der Waals surface area contributed by atoms with E-state index in [1.54, 1.807) is 33.8 Å². The minimum Gasteiger partial charge on any atom is -0.394 e. The van der Waals surface area contributed by atoms with Gasteiger partial charge in [0.25, 0.3) is 11.8 Å². The lowest BCUT2D eigenvalue weighted by atomic mass is 10.1. The molecule has 30 heavy (non-hydrogen) atoms. The van der Waals surface area contributed by atoms with Crippen molar-refractivity contribution in [1.29, 1.82) is 0 Å². The molecule has 1 fully saturated rings. The van der Waals surface area contributed by atoms with E-state index in [-0.39, 0.29) is 24.5 Å². The van der Waals surface area contributed by atoms with E-state index in [1.165, 1.54) is 11.3 Å². The first-order valence-corrected chi connectivity index (χ1v) is 10.8. The van der Waals surface area contributed by atoms with E-state index in [0.29, 0.717) is 33.3 Å². The Morgan fingerprint density at radius 1 is 1.27 bits per heavy atom. The summed E-state index contributed by atoms with van der Waals surface area (Å²) < 4.78 is 2.37. The molecule has 1 saturated heterocycles. The van der Waals surface area contributed by atoms with E-state index in [9.17, 15) is 14.7 Å². The molecule has 1 aliphatic rings. The Morgan fingerprint density at radius 2 is 2.00 bits per heavy atom. The number of hydrogen-bond acceptors (Lipinski definition) is 6. The maximum absolute atomic E-state index is 13.3. The number of nitrogens with one attached hydrogen (secondary N) is 1. The van der Waals surface area contributed by atoms with Crippen molar-refractivity contribution < 1.29 is 14.7 Å². The van der Waals surface area contributed by atoms with Gasteiger partial charge in [-0.3, -0.25) is 14.9 Å². The number of likely N-dealkylation sites (tertiary alicyclic amines) is 1. The fraction of sp³-hybridized carbons (Fsp3) is 0.429. The van der Waals surface area contributed by atoms with Gasteiger partial charge in [-0.25, -0.2) is 4.68 Å². The molecule has 3 aromatic rings. The van der Waals surface area contributed by atoms with E-state index in [2.05, 4.69) is 15.4 Å². The molecule has 0 unspecified atom stereocenters. The Kier molecular flexibility index (Phi) is 5.33. The Bertz CT molecular complexity index is 1080. The second-order valence-corrected chi connectivity index (χ2v) is 9.40. The average molecular weight is 428 g/mol. The van der Waals surface area contributed by atoms with Crippen LogP contribution in [-0.2, 0) is 5.54 Å². The van der Waals surface area contributed by atoms with Gasteiger partial charge in [-0.1, -0.05) is 29.5 Å². The van der Waals surface area contributed by atoms with Crippen LogP contribution in [0.5, 0.6) is 0 Å². The first-order valence-electron chi connectivity index (χ1n) is 9.98. The molecule has 0 spiro atoms. The summed E-state index contributed by atoms with van der Waals surface area (Å²) in [7, 11) is 0. The molecule has 0 radical (unpaired) electrons. The SMILES string of the molecule is CC(C)(C)n1nc(C(=O)N2CCC[C@H]2CO)c2sc(NC(=O)c3ccccc3)nc21. The van der Waals surface area contributed by atoms with Gasteiger partial charge in [0.05, 0.1) is 18.2 Å². The van der Waals surface area contributed by atoms with Crippen molar-refractivity contribution in [2.45, 2.75) is 45.2 Å². The Hall–Kier alpha value is -2.78. The molecular formula is C21H25N5O3S. The van der Waals surface area contributed by atoms with Crippen molar-refractivity contribution in [2.24, 2.45) is 0 Å². The zero-order valence-corrected chi connectivity index (χ0v) is 18.1. The van der Waals surface area contributed by atoms with Crippen LogP contribution >= 0.6 is 11.3 Å². The van der Waals surface area contributed by atoms with Crippen molar-refractivity contribution in [1.82, 2.24) is 19.7 Å². The smallest absolute Gasteiger partial charge is 0.276 e. The molecule has 1 atom stereocenters. The highest BCUT2D eigenvalue weighted by Crippen LogP contribution is 2.34. The number of aliphatic hydroxyl groups is 1. The summed E-state index contributed by atoms with van der Waals surface area (Å²) in [5, 5.41) is 17.5. The normalized spacial score (nSPS) is 16.9. The molecule has 4 rings (SSSR count). The first kappa shape index (κ1) is 20.5. The summed E-state index contributed by atoms with van der Waals surface area (Å²) in [4.78, 5) is 32.1. The predicted molar refractivity (Wildman–Crippen MR) is 116 cm³/mol. The van der Waals surface area contributed by atoms with Crippen LogP contribution in [0.1, 0.15) is 54.5 Å². The number of thiazole rings is 1. The number of nitrogens with zero attached hydrogens (tertiary/aromatic N) is 4. The minimum atomic E-state index is -0.396. The molecule has 3 heterocycles. The van der Waals surface area contributed by atoms with Gasteiger partial charge in [0, 0.05) is 12.1 Å². The topological polar surface area (TPSA) is 100 Å². The van der Waals surface area contributed by atoms with Crippen molar-refractivity contribution in [3.8, 4) is 0 Å². The molecule has 158 valence electrons. The van der Waals surface area contributed by atoms with Gasteiger partial charge in [0.2, 0.25) is 0 Å². The van der Waals surface area contributed by atoms with E-state index >= 15 is 0 Å². The number of aliphatic hydroxyl groups excluding tert-OH is 1. The average Bonchev–Trinajstić information content (AvgIpc) is 3.41. The molecule has 2 N–H and O–H groups in total. The van der Waals surface area contributed by atoms with E-state index in [0.717, 1.165) is 12.8 Å². The van der Waals surface area contributed by atoms with Gasteiger partial charge in [0.15, 0.2) is 16.5 Å². The van der Waals surface area contributed by atoms with Crippen LogP contribution in [0, 0.1) is 0 Å². The highest BCUT2D eigenvalue weighted by Gasteiger charge is 2.34. The molecule has 2 aromatic heterocycles. The molecule has 2 amide bonds. The maximum atomic E-state index is 13.3. The largest absolute Gasteiger partial charge is 0.394 e. The third-order valence-corrected chi connectivity index (χ3v) is 6.13. The first-order chi connectivity index (χ1) is 14.3. The Morgan fingerprint density at radius 3 is 2.67 bits per heavy atom. The van der Waals surface area contributed by atoms with Crippen LogP contribution in [0.25, 0.3) is 10.3 Å². The summed E-state index contributed by atoms with van der Waals surface area (Å²) in [5.41, 5.74) is 1.03. The highest BCUT2D eigenvalue weighted by molar-refractivity contribution is 7.22. The van der Waals surface area contributed by atoms with Gasteiger partial charge in [-0.15, -0.1) is 0 Å². The van der Waals surface area contributed by atoms with Crippen molar-refractivity contribution in [3.05, 3.63) is 41.6 Å². The van der Waals surface area contributed by atoms with Crippen LogP contribution in [0.2, 0.25) is 0 Å². The number of aromatic nitrogens is 3. The molecule has 0 aliphatic carbocycles. The molecular weight excluding hydrogens is 402 g/mol. The zero-order valence-electron chi connectivity index (χ0n) is 17.3. The van der Waals surface area contributed by atoms with Gasteiger partial charge in [-0.2, -0.15) is 10.1 Å². The van der Waals surface area contributed by atoms with Crippen molar-refractivity contribution in [3.63, 3.8) is 0 Å². The fourth-order valence-corrected chi connectivity index (χ4v) is 4.57. The standard InChI is InChI=1S/C21H25N5O3S/c1-21(2,3)26-17-16(15(24-26)19(29)25-11-7-10-14(25)12-27)30-20(22-17)23-18(28)13-8-5-4-6-9-13/h4-6,8-9,14,27H,7,10-12H2,1-3H3,(H,22,23,28)/t14-/m0/s1. The molecule has 0 saturated carbocycles. The van der Waals surface area contributed by atoms with E-state index < -0.39 is 5.54 Å². The van der Waals surface area contributed by atoms with Gasteiger partial charge < -0.3 is 10.0 Å². The van der Waals surface area contributed by atoms with Crippen LogP contribution in [-0.4, -0.2) is 55.8 Å². The summed E-state index contributed by atoms with van der Waals surface area (Å²) >= 11 is 1.24. The number of anilines is 1. The summed E-state index contributed by atoms with van der Waals surface area (Å²) in [6.07, 6.45) is 1.65. The lowest BCUT2D eigenvalue weighted by Gasteiger charge is -2.22. The number of benzene rings is 1. The van der Waals surface area contributed by atoms with E-state index in [1.807, 2.05) is 26.8 Å². The second-order valence-electron chi connectivity index (χ2n) is 8.40. The number of fused-ring (bicyclic) bond motifs is 1. The highest BCUT2D eigenvalue weighted by atomic mass is 32.1. The number of amides is 2. The third kappa shape index (κ3) is 3.70. The summed E-state index contributed by atoms with van der Waals surface area (Å²) in [6, 6.07) is 8.73. The van der Waals surface area contributed by atoms with E-state index in [4.69, 9.17) is 0 Å². The third-order valence-electron chi connectivity index (χ3n) is 5.17. The Labute approximate surface area is 178 Å². The molecule has 8 nitrogen and oxygen atoms in total. The van der Waals surface area contributed by atoms with Crippen LogP contribution < -0.4 is 5.32 Å². The number of carbonyl (C=O) groups excluding carboxylic acids is 2. The summed E-state index contributed by atoms with van der Waals surface area (Å²) in [6.45, 7) is 6.51. The predicted octanol–water partition coefficient (Wildman–Crippen LogP) is 3.10. The molecule has 1 aliphatic heterocycles. The lowest BCUT2D eigenvalue weighted by Crippen LogP contribution is -2.38. The van der Waals surface area contributed by atoms with Gasteiger partial charge in [0.1, 0.15) is 4.70 Å². The molecule has 1 aromatic carbocycles. The second kappa shape index (κ2) is 7.81. The van der Waals surface area contributed by atoms with Crippen molar-refractivity contribution >= 4 is 38.6 Å². The van der Waals surface area contributed by atoms with Crippen LogP contribution in [0.3, 0.4) is 0 Å². The molecule has 9 heteroatoms. The lowest BCUT2D eigenvalue weighted by molar-refractivity contribution is 0.0672. The summed E-state index contributed by atoms with van der Waals surface area (Å²) in [5.74, 6) is -0.459. The van der Waals surface area contributed by atoms with Gasteiger partial charge in [-0.05, 0) is 45.7 Å². The van der Waals surface area contributed by atoms with Gasteiger partial charge >= 0.3 is 0 Å². The van der Waals surface area contributed by atoms with Crippen LogP contribution in [0.15, 0.2) is 30.3 Å². The zero-order chi connectivity index (χ0) is 21.5. The Balaban J connectivity index is 1.72. The maximum Gasteiger partial charge on any atom is 0.276 e. The minimum absolute atomic E-state index is 0.0596. The fourth-order valence-electron chi connectivity index (χ4n) is 3.65. The quantitative estimate of drug-likeness (QED) is 0.666. The van der Waals surface area contributed by atoms with Crippen LogP contribution in [0.4, 0.5) is 5.13 Å².